The number of hydrogen-bond donors (Lipinski definition) is 1. The third-order valence-electron chi connectivity index (χ3n) is 2.84. The minimum Gasteiger partial charge on any atom is -0.387 e. The number of anilines is 1. The van der Waals surface area contributed by atoms with Gasteiger partial charge in [-0.15, -0.1) is 6.58 Å². The van der Waals surface area contributed by atoms with E-state index in [0.717, 1.165) is 17.9 Å². The number of aliphatic hydroxyl groups excluding tert-OH is 1. The summed E-state index contributed by atoms with van der Waals surface area (Å²) in [7, 11) is 0. The zero-order chi connectivity index (χ0) is 11.5. The van der Waals surface area contributed by atoms with Gasteiger partial charge in [0, 0.05) is 12.6 Å². The zero-order valence-electron chi connectivity index (χ0n) is 9.63. The molecular formula is C13H18N2O. The molecular weight excluding hydrogens is 200 g/mol. The van der Waals surface area contributed by atoms with Gasteiger partial charge < -0.3 is 10.0 Å². The lowest BCUT2D eigenvalue weighted by Gasteiger charge is -2.22. The highest BCUT2D eigenvalue weighted by Crippen LogP contribution is 2.31. The molecule has 1 aromatic heterocycles. The summed E-state index contributed by atoms with van der Waals surface area (Å²) in [5.74, 6) is 0. The van der Waals surface area contributed by atoms with Crippen LogP contribution in [0.15, 0.2) is 31.0 Å². The summed E-state index contributed by atoms with van der Waals surface area (Å²) in [6.45, 7) is 6.37. The van der Waals surface area contributed by atoms with Gasteiger partial charge >= 0.3 is 0 Å². The Hall–Kier alpha value is -1.35. The van der Waals surface area contributed by atoms with E-state index in [9.17, 15) is 5.11 Å². The monoisotopic (exact) mass is 218 g/mol. The second-order valence-corrected chi connectivity index (χ2v) is 4.29. The summed E-state index contributed by atoms with van der Waals surface area (Å²) in [5.41, 5.74) is 1.84. The highest BCUT2D eigenvalue weighted by Gasteiger charge is 2.28. The van der Waals surface area contributed by atoms with E-state index in [-0.39, 0.29) is 0 Å². The number of rotatable bonds is 5. The highest BCUT2D eigenvalue weighted by atomic mass is 16.3. The molecule has 86 valence electrons. The Morgan fingerprint density at radius 3 is 2.81 bits per heavy atom. The van der Waals surface area contributed by atoms with Crippen LogP contribution >= 0.6 is 0 Å². The number of aromatic nitrogens is 1. The first-order valence-corrected chi connectivity index (χ1v) is 5.74. The normalized spacial score (nSPS) is 16.9. The van der Waals surface area contributed by atoms with E-state index in [0.29, 0.717) is 6.04 Å². The topological polar surface area (TPSA) is 36.4 Å². The minimum absolute atomic E-state index is 0.497. The molecule has 0 bridgehead atoms. The van der Waals surface area contributed by atoms with E-state index in [1.807, 2.05) is 24.4 Å². The molecule has 3 heteroatoms. The van der Waals surface area contributed by atoms with E-state index in [1.165, 1.54) is 12.8 Å². The van der Waals surface area contributed by atoms with Crippen molar-refractivity contribution in [2.45, 2.75) is 31.9 Å². The molecule has 1 aromatic rings. The Balaban J connectivity index is 2.14. The first-order chi connectivity index (χ1) is 7.72. The van der Waals surface area contributed by atoms with Crippen molar-refractivity contribution in [2.75, 3.05) is 11.4 Å². The first kappa shape index (κ1) is 11.1. The van der Waals surface area contributed by atoms with Crippen molar-refractivity contribution in [3.8, 4) is 0 Å². The standard InChI is InChI=1S/C13H18N2O/c1-3-8-15(11-4-5-11)12-6-7-13(10(2)16)14-9-12/h3,6-7,9-11,16H,1,4-5,8H2,2H3/t10-/m1/s1. The third-order valence-corrected chi connectivity index (χ3v) is 2.84. The number of aliphatic hydroxyl groups is 1. The van der Waals surface area contributed by atoms with Crippen molar-refractivity contribution in [3.63, 3.8) is 0 Å². The predicted octanol–water partition coefficient (Wildman–Crippen LogP) is 2.29. The van der Waals surface area contributed by atoms with Gasteiger partial charge in [-0.3, -0.25) is 4.98 Å². The van der Waals surface area contributed by atoms with Gasteiger partial charge in [0.1, 0.15) is 0 Å². The van der Waals surface area contributed by atoms with Crippen molar-refractivity contribution >= 4 is 5.69 Å². The molecule has 1 N–H and O–H groups in total. The van der Waals surface area contributed by atoms with E-state index in [2.05, 4.69) is 16.5 Å². The second kappa shape index (κ2) is 4.66. The van der Waals surface area contributed by atoms with Gasteiger partial charge in [0.05, 0.1) is 23.7 Å². The van der Waals surface area contributed by atoms with Crippen LogP contribution in [0, 0.1) is 0 Å². The quantitative estimate of drug-likeness (QED) is 0.770. The largest absolute Gasteiger partial charge is 0.387 e. The molecule has 0 radical (unpaired) electrons. The summed E-state index contributed by atoms with van der Waals surface area (Å²) in [4.78, 5) is 6.58. The van der Waals surface area contributed by atoms with Gasteiger partial charge in [-0.05, 0) is 31.9 Å². The first-order valence-electron chi connectivity index (χ1n) is 5.74. The van der Waals surface area contributed by atoms with Crippen LogP contribution < -0.4 is 4.90 Å². The lowest BCUT2D eigenvalue weighted by atomic mass is 10.2. The van der Waals surface area contributed by atoms with Crippen molar-refractivity contribution in [3.05, 3.63) is 36.7 Å². The highest BCUT2D eigenvalue weighted by molar-refractivity contribution is 5.47. The van der Waals surface area contributed by atoms with Gasteiger partial charge in [-0.1, -0.05) is 6.08 Å². The van der Waals surface area contributed by atoms with E-state index < -0.39 is 6.10 Å². The van der Waals surface area contributed by atoms with Gasteiger partial charge in [0.15, 0.2) is 0 Å². The Kier molecular flexibility index (Phi) is 3.25. The lowest BCUT2D eigenvalue weighted by molar-refractivity contribution is 0.194. The van der Waals surface area contributed by atoms with E-state index >= 15 is 0 Å². The molecule has 1 aliphatic carbocycles. The Morgan fingerprint density at radius 2 is 2.38 bits per heavy atom. The average molecular weight is 218 g/mol. The molecule has 1 heterocycles. The maximum Gasteiger partial charge on any atom is 0.0931 e. The van der Waals surface area contributed by atoms with Crippen LogP contribution in [0.2, 0.25) is 0 Å². The van der Waals surface area contributed by atoms with Crippen LogP contribution in [0.1, 0.15) is 31.6 Å². The molecule has 0 aromatic carbocycles. The molecule has 0 amide bonds. The van der Waals surface area contributed by atoms with Crippen LogP contribution in [0.3, 0.4) is 0 Å². The lowest BCUT2D eigenvalue weighted by Crippen LogP contribution is -2.25. The minimum atomic E-state index is -0.497. The van der Waals surface area contributed by atoms with Crippen LogP contribution in [0.25, 0.3) is 0 Å². The van der Waals surface area contributed by atoms with E-state index in [4.69, 9.17) is 0 Å². The molecule has 0 spiro atoms. The Morgan fingerprint density at radius 1 is 1.62 bits per heavy atom. The summed E-state index contributed by atoms with van der Waals surface area (Å²) in [6, 6.07) is 4.56. The summed E-state index contributed by atoms with van der Waals surface area (Å²) >= 11 is 0. The fraction of sp³-hybridized carbons (Fsp3) is 0.462. The molecule has 1 saturated carbocycles. The fourth-order valence-corrected chi connectivity index (χ4v) is 1.81. The van der Waals surface area contributed by atoms with Crippen LogP contribution in [-0.2, 0) is 0 Å². The van der Waals surface area contributed by atoms with Gasteiger partial charge in [0.2, 0.25) is 0 Å². The molecule has 1 atom stereocenters. The molecule has 1 aliphatic rings. The fourth-order valence-electron chi connectivity index (χ4n) is 1.81. The van der Waals surface area contributed by atoms with Crippen molar-refractivity contribution in [2.24, 2.45) is 0 Å². The Labute approximate surface area is 96.4 Å². The number of nitrogens with zero attached hydrogens (tertiary/aromatic N) is 2. The molecule has 1 fully saturated rings. The van der Waals surface area contributed by atoms with Gasteiger partial charge in [-0.25, -0.2) is 0 Å². The summed E-state index contributed by atoms with van der Waals surface area (Å²) in [5, 5.41) is 9.39. The molecule has 0 saturated heterocycles. The number of hydrogen-bond acceptors (Lipinski definition) is 3. The van der Waals surface area contributed by atoms with Crippen LogP contribution in [0.5, 0.6) is 0 Å². The molecule has 0 unspecified atom stereocenters. The molecule has 3 nitrogen and oxygen atoms in total. The summed E-state index contributed by atoms with van der Waals surface area (Å²) < 4.78 is 0. The molecule has 2 rings (SSSR count). The van der Waals surface area contributed by atoms with Crippen molar-refractivity contribution < 1.29 is 5.11 Å². The SMILES string of the molecule is C=CCN(c1ccc([C@@H](C)O)nc1)C1CC1. The predicted molar refractivity (Wildman–Crippen MR) is 65.4 cm³/mol. The Bertz CT molecular complexity index is 355. The van der Waals surface area contributed by atoms with Crippen LogP contribution in [0.4, 0.5) is 5.69 Å². The maximum atomic E-state index is 9.39. The average Bonchev–Trinajstić information content (AvgIpc) is 3.10. The third kappa shape index (κ3) is 2.42. The van der Waals surface area contributed by atoms with Gasteiger partial charge in [-0.2, -0.15) is 0 Å². The summed E-state index contributed by atoms with van der Waals surface area (Å²) in [6.07, 6.45) is 5.77. The zero-order valence-corrected chi connectivity index (χ0v) is 9.63. The van der Waals surface area contributed by atoms with E-state index in [1.54, 1.807) is 6.92 Å². The smallest absolute Gasteiger partial charge is 0.0931 e. The number of pyridine rings is 1. The molecule has 16 heavy (non-hydrogen) atoms. The van der Waals surface area contributed by atoms with Crippen LogP contribution in [-0.4, -0.2) is 22.7 Å². The van der Waals surface area contributed by atoms with Crippen molar-refractivity contribution in [1.29, 1.82) is 0 Å². The molecule has 0 aliphatic heterocycles. The van der Waals surface area contributed by atoms with Gasteiger partial charge in [0.25, 0.3) is 0 Å². The maximum absolute atomic E-state index is 9.39. The second-order valence-electron chi connectivity index (χ2n) is 4.29. The van der Waals surface area contributed by atoms with Crippen molar-refractivity contribution in [1.82, 2.24) is 4.98 Å².